The Labute approximate surface area is 91.5 Å². The zero-order valence-electron chi connectivity index (χ0n) is 9.46. The predicted octanol–water partition coefficient (Wildman–Crippen LogP) is 1.13. The van der Waals surface area contributed by atoms with Crippen LogP contribution in [0.4, 0.5) is 5.69 Å². The number of benzene rings is 1. The Balaban J connectivity index is 2.06. The maximum absolute atomic E-state index is 3.56. The normalized spacial score (nSPS) is 16.5. The van der Waals surface area contributed by atoms with Crippen LogP contribution in [0.2, 0.25) is 0 Å². The molecule has 0 atom stereocenters. The van der Waals surface area contributed by atoms with Gasteiger partial charge in [-0.25, -0.2) is 0 Å². The van der Waals surface area contributed by atoms with Crippen molar-refractivity contribution in [3.05, 3.63) is 29.8 Å². The molecule has 1 aromatic carbocycles. The second kappa shape index (κ2) is 4.64. The lowest BCUT2D eigenvalue weighted by Gasteiger charge is -2.30. The van der Waals surface area contributed by atoms with Gasteiger partial charge >= 0.3 is 0 Å². The van der Waals surface area contributed by atoms with Crippen molar-refractivity contribution in [2.75, 3.05) is 32.5 Å². The van der Waals surface area contributed by atoms with Crippen molar-refractivity contribution < 1.29 is 0 Å². The molecule has 1 aromatic rings. The quantitative estimate of drug-likeness (QED) is 0.771. The highest BCUT2D eigenvalue weighted by molar-refractivity contribution is 5.52. The molecule has 1 aliphatic rings. The van der Waals surface area contributed by atoms with Crippen LogP contribution in [0.25, 0.3) is 0 Å². The van der Waals surface area contributed by atoms with E-state index in [9.17, 15) is 0 Å². The first-order valence-electron chi connectivity index (χ1n) is 5.45. The third-order valence-corrected chi connectivity index (χ3v) is 2.65. The van der Waals surface area contributed by atoms with Crippen LogP contribution in [-0.4, -0.2) is 38.1 Å². The summed E-state index contributed by atoms with van der Waals surface area (Å²) in [4.78, 5) is 2.19. The highest BCUT2D eigenvalue weighted by Crippen LogP contribution is 2.18. The van der Waals surface area contributed by atoms with Crippen LogP contribution in [-0.2, 0) is 6.54 Å². The Bertz CT molecular complexity index is 318. The second-order valence-corrected chi connectivity index (χ2v) is 4.39. The first-order valence-corrected chi connectivity index (χ1v) is 5.45. The zero-order valence-corrected chi connectivity index (χ0v) is 9.46. The van der Waals surface area contributed by atoms with Gasteiger partial charge in [0.05, 0.1) is 6.04 Å². The molecule has 0 aliphatic carbocycles. The van der Waals surface area contributed by atoms with Crippen molar-refractivity contribution in [2.24, 2.45) is 0 Å². The monoisotopic (exact) mass is 205 g/mol. The van der Waals surface area contributed by atoms with Crippen molar-refractivity contribution in [3.8, 4) is 0 Å². The van der Waals surface area contributed by atoms with Gasteiger partial charge in [0, 0.05) is 25.3 Å². The number of hydrogen-bond acceptors (Lipinski definition) is 3. The number of nitrogens with zero attached hydrogens (tertiary/aromatic N) is 1. The molecule has 82 valence electrons. The molecule has 1 heterocycles. The Morgan fingerprint density at radius 1 is 1.33 bits per heavy atom. The standard InChI is InChI=1S/C12H19N3/c1-15(2)9-10-5-3-4-6-12(10)14-11-7-13-8-11/h3-6,11,13-14H,7-9H2,1-2H3. The number of hydrogen-bond donors (Lipinski definition) is 2. The van der Waals surface area contributed by atoms with Gasteiger partial charge in [0.2, 0.25) is 0 Å². The molecule has 1 fully saturated rings. The lowest BCUT2D eigenvalue weighted by molar-refractivity contribution is 0.402. The SMILES string of the molecule is CN(C)Cc1ccccc1NC1CNC1. The van der Waals surface area contributed by atoms with Crippen LogP contribution in [0.5, 0.6) is 0 Å². The fraction of sp³-hybridized carbons (Fsp3) is 0.500. The Morgan fingerprint density at radius 2 is 2.07 bits per heavy atom. The van der Waals surface area contributed by atoms with E-state index in [1.54, 1.807) is 0 Å². The van der Waals surface area contributed by atoms with E-state index in [0.29, 0.717) is 6.04 Å². The summed E-state index contributed by atoms with van der Waals surface area (Å²) in [5.74, 6) is 0. The lowest BCUT2D eigenvalue weighted by Crippen LogP contribution is -2.51. The molecular formula is C12H19N3. The van der Waals surface area contributed by atoms with Crippen LogP contribution in [0.3, 0.4) is 0 Å². The van der Waals surface area contributed by atoms with Gasteiger partial charge in [-0.05, 0) is 25.7 Å². The molecule has 0 saturated carbocycles. The molecule has 2 N–H and O–H groups in total. The number of nitrogens with one attached hydrogen (secondary N) is 2. The van der Waals surface area contributed by atoms with E-state index in [4.69, 9.17) is 0 Å². The average Bonchev–Trinajstić information content (AvgIpc) is 2.13. The van der Waals surface area contributed by atoms with Crippen LogP contribution in [0, 0.1) is 0 Å². The van der Waals surface area contributed by atoms with Crippen LogP contribution in [0.15, 0.2) is 24.3 Å². The van der Waals surface area contributed by atoms with E-state index in [1.807, 2.05) is 0 Å². The first-order chi connectivity index (χ1) is 7.25. The Morgan fingerprint density at radius 3 is 2.67 bits per heavy atom. The molecule has 0 bridgehead atoms. The first kappa shape index (κ1) is 10.5. The number of anilines is 1. The Kier molecular flexibility index (Phi) is 3.23. The summed E-state index contributed by atoms with van der Waals surface area (Å²) in [6.07, 6.45) is 0. The molecule has 0 aromatic heterocycles. The van der Waals surface area contributed by atoms with E-state index < -0.39 is 0 Å². The summed E-state index contributed by atoms with van der Waals surface area (Å²) in [6.45, 7) is 3.15. The maximum atomic E-state index is 3.56. The van der Waals surface area contributed by atoms with Gasteiger partial charge in [-0.3, -0.25) is 0 Å². The number of para-hydroxylation sites is 1. The summed E-state index contributed by atoms with van der Waals surface area (Å²) in [5, 5.41) is 6.83. The van der Waals surface area contributed by atoms with Crippen molar-refractivity contribution in [3.63, 3.8) is 0 Å². The van der Waals surface area contributed by atoms with Crippen molar-refractivity contribution >= 4 is 5.69 Å². The summed E-state index contributed by atoms with van der Waals surface area (Å²) in [6, 6.07) is 9.15. The van der Waals surface area contributed by atoms with Crippen molar-refractivity contribution in [2.45, 2.75) is 12.6 Å². The summed E-state index contributed by atoms with van der Waals surface area (Å²) in [7, 11) is 4.20. The maximum Gasteiger partial charge on any atom is 0.0510 e. The third-order valence-electron chi connectivity index (χ3n) is 2.65. The topological polar surface area (TPSA) is 27.3 Å². The van der Waals surface area contributed by atoms with Gasteiger partial charge in [0.1, 0.15) is 0 Å². The summed E-state index contributed by atoms with van der Waals surface area (Å²) < 4.78 is 0. The molecule has 2 rings (SSSR count). The molecule has 15 heavy (non-hydrogen) atoms. The van der Waals surface area contributed by atoms with Gasteiger partial charge < -0.3 is 15.5 Å². The number of rotatable bonds is 4. The molecule has 0 radical (unpaired) electrons. The minimum atomic E-state index is 0.605. The molecule has 3 heteroatoms. The van der Waals surface area contributed by atoms with E-state index in [2.05, 4.69) is 53.9 Å². The van der Waals surface area contributed by atoms with Gasteiger partial charge in [-0.15, -0.1) is 0 Å². The van der Waals surface area contributed by atoms with E-state index >= 15 is 0 Å². The smallest absolute Gasteiger partial charge is 0.0510 e. The highest BCUT2D eigenvalue weighted by Gasteiger charge is 2.16. The molecule has 0 spiro atoms. The van der Waals surface area contributed by atoms with Gasteiger partial charge in [0.25, 0.3) is 0 Å². The fourth-order valence-electron chi connectivity index (χ4n) is 1.75. The third kappa shape index (κ3) is 2.70. The van der Waals surface area contributed by atoms with Crippen molar-refractivity contribution in [1.82, 2.24) is 10.2 Å². The minimum Gasteiger partial charge on any atom is -0.379 e. The highest BCUT2D eigenvalue weighted by atomic mass is 15.1. The van der Waals surface area contributed by atoms with Gasteiger partial charge in [-0.2, -0.15) is 0 Å². The largest absolute Gasteiger partial charge is 0.379 e. The summed E-state index contributed by atoms with van der Waals surface area (Å²) in [5.41, 5.74) is 2.65. The van der Waals surface area contributed by atoms with E-state index in [0.717, 1.165) is 19.6 Å². The average molecular weight is 205 g/mol. The van der Waals surface area contributed by atoms with Gasteiger partial charge in [-0.1, -0.05) is 18.2 Å². The van der Waals surface area contributed by atoms with Crippen LogP contribution < -0.4 is 10.6 Å². The zero-order chi connectivity index (χ0) is 10.7. The molecule has 1 aliphatic heterocycles. The second-order valence-electron chi connectivity index (χ2n) is 4.39. The molecule has 0 amide bonds. The Hall–Kier alpha value is -1.06. The molecule has 1 saturated heterocycles. The van der Waals surface area contributed by atoms with Crippen molar-refractivity contribution in [1.29, 1.82) is 0 Å². The van der Waals surface area contributed by atoms with Gasteiger partial charge in [0.15, 0.2) is 0 Å². The minimum absolute atomic E-state index is 0.605. The fourth-order valence-corrected chi connectivity index (χ4v) is 1.75. The lowest BCUT2D eigenvalue weighted by atomic mass is 10.1. The molecule has 3 nitrogen and oxygen atoms in total. The summed E-state index contributed by atoms with van der Waals surface area (Å²) >= 11 is 0. The predicted molar refractivity (Wildman–Crippen MR) is 64.1 cm³/mol. The van der Waals surface area contributed by atoms with E-state index in [-0.39, 0.29) is 0 Å². The molecular weight excluding hydrogens is 186 g/mol. The van der Waals surface area contributed by atoms with Crippen LogP contribution in [0.1, 0.15) is 5.56 Å². The van der Waals surface area contributed by atoms with E-state index in [1.165, 1.54) is 11.3 Å². The van der Waals surface area contributed by atoms with Crippen LogP contribution >= 0.6 is 0 Å². The molecule has 0 unspecified atom stereocenters.